The number of hydrogen-bond acceptors (Lipinski definition) is 6. The van der Waals surface area contributed by atoms with Crippen LogP contribution in [0.15, 0.2) is 71.2 Å². The summed E-state index contributed by atoms with van der Waals surface area (Å²) in [6.07, 6.45) is 3.10. The zero-order valence-electron chi connectivity index (χ0n) is 19.7. The Balaban J connectivity index is 1.67. The maximum atomic E-state index is 11.7. The Morgan fingerprint density at radius 3 is 2.46 bits per heavy atom. The van der Waals surface area contributed by atoms with Crippen LogP contribution in [0.4, 0.5) is 0 Å². The Morgan fingerprint density at radius 1 is 0.971 bits per heavy atom. The third-order valence-corrected chi connectivity index (χ3v) is 6.37. The fourth-order valence-electron chi connectivity index (χ4n) is 3.61. The van der Waals surface area contributed by atoms with Gasteiger partial charge in [0.25, 0.3) is 0 Å². The predicted molar refractivity (Wildman–Crippen MR) is 144 cm³/mol. The van der Waals surface area contributed by atoms with Crippen molar-refractivity contribution in [1.29, 1.82) is 0 Å². The predicted octanol–water partition coefficient (Wildman–Crippen LogP) is 6.88. The number of halogens is 1. The van der Waals surface area contributed by atoms with Crippen molar-refractivity contribution >= 4 is 45.6 Å². The lowest BCUT2D eigenvalue weighted by atomic mass is 10.1. The number of furan rings is 1. The summed E-state index contributed by atoms with van der Waals surface area (Å²) in [5.74, 6) is 2.13. The highest BCUT2D eigenvalue weighted by atomic mass is 127. The number of ether oxygens (including phenoxy) is 4. The van der Waals surface area contributed by atoms with E-state index in [4.69, 9.17) is 23.4 Å². The molecule has 0 atom stereocenters. The van der Waals surface area contributed by atoms with Crippen molar-refractivity contribution in [1.82, 2.24) is 0 Å². The first-order valence-corrected chi connectivity index (χ1v) is 12.1. The van der Waals surface area contributed by atoms with Crippen molar-refractivity contribution in [2.75, 3.05) is 20.8 Å². The number of rotatable bonds is 9. The molecule has 3 aromatic carbocycles. The molecule has 0 spiro atoms. The van der Waals surface area contributed by atoms with E-state index in [1.54, 1.807) is 27.2 Å². The highest BCUT2D eigenvalue weighted by molar-refractivity contribution is 14.1. The molecule has 0 amide bonds. The molecule has 0 radical (unpaired) electrons. The molecule has 0 saturated carbocycles. The van der Waals surface area contributed by atoms with Crippen LogP contribution in [0, 0.1) is 3.57 Å². The topological polar surface area (TPSA) is 67.1 Å². The van der Waals surface area contributed by atoms with Gasteiger partial charge in [-0.15, -0.1) is 0 Å². The van der Waals surface area contributed by atoms with Crippen LogP contribution in [0.25, 0.3) is 28.4 Å². The molecule has 0 aliphatic rings. The largest absolute Gasteiger partial charge is 0.493 e. The quantitative estimate of drug-likeness (QED) is 0.122. The van der Waals surface area contributed by atoms with Crippen molar-refractivity contribution in [3.8, 4) is 28.6 Å². The van der Waals surface area contributed by atoms with Crippen molar-refractivity contribution in [2.45, 2.75) is 13.5 Å². The average molecular weight is 584 g/mol. The van der Waals surface area contributed by atoms with Gasteiger partial charge in [0.05, 0.1) is 24.4 Å². The maximum absolute atomic E-state index is 11.7. The minimum absolute atomic E-state index is 0.327. The van der Waals surface area contributed by atoms with Gasteiger partial charge in [0.2, 0.25) is 0 Å². The lowest BCUT2D eigenvalue weighted by Crippen LogP contribution is -1.98. The first-order valence-electron chi connectivity index (χ1n) is 11.0. The van der Waals surface area contributed by atoms with E-state index in [1.165, 1.54) is 6.08 Å². The highest BCUT2D eigenvalue weighted by Crippen LogP contribution is 2.42. The van der Waals surface area contributed by atoms with Crippen molar-refractivity contribution in [3.05, 3.63) is 81.4 Å². The van der Waals surface area contributed by atoms with Crippen molar-refractivity contribution < 1.29 is 28.2 Å². The van der Waals surface area contributed by atoms with Crippen LogP contribution in [0.3, 0.4) is 0 Å². The second-order valence-corrected chi connectivity index (χ2v) is 8.65. The molecule has 4 aromatic rings. The summed E-state index contributed by atoms with van der Waals surface area (Å²) in [7, 11) is 3.20. The monoisotopic (exact) mass is 584 g/mol. The van der Waals surface area contributed by atoms with Gasteiger partial charge in [-0.2, -0.15) is 0 Å². The van der Waals surface area contributed by atoms with Crippen LogP contribution in [-0.2, 0) is 16.1 Å². The van der Waals surface area contributed by atoms with E-state index in [9.17, 15) is 4.79 Å². The van der Waals surface area contributed by atoms with Gasteiger partial charge in [-0.05, 0) is 77.0 Å². The maximum Gasteiger partial charge on any atom is 0.330 e. The minimum atomic E-state index is -0.393. The molecule has 0 unspecified atom stereocenters. The summed E-state index contributed by atoms with van der Waals surface area (Å²) in [5.41, 5.74) is 3.35. The normalized spacial score (nSPS) is 11.1. The number of methoxy groups -OCH3 is 2. The van der Waals surface area contributed by atoms with Gasteiger partial charge >= 0.3 is 5.97 Å². The SMILES string of the molecule is CCOC(=O)/C=C/c1cc(OC)c2oc(-c3ccc(OCc4ccccc4)c(OC)c3)c(I)c2c1. The molecule has 0 aliphatic carbocycles. The van der Waals surface area contributed by atoms with Gasteiger partial charge in [-0.3, -0.25) is 0 Å². The smallest absolute Gasteiger partial charge is 0.330 e. The Bertz CT molecular complexity index is 1360. The molecule has 180 valence electrons. The van der Waals surface area contributed by atoms with Gasteiger partial charge in [0.1, 0.15) is 12.4 Å². The fraction of sp³-hybridized carbons (Fsp3) is 0.179. The van der Waals surface area contributed by atoms with E-state index in [2.05, 4.69) is 22.6 Å². The van der Waals surface area contributed by atoms with Crippen LogP contribution in [0.1, 0.15) is 18.1 Å². The molecule has 4 rings (SSSR count). The van der Waals surface area contributed by atoms with E-state index >= 15 is 0 Å². The summed E-state index contributed by atoms with van der Waals surface area (Å²) in [6, 6.07) is 19.5. The zero-order valence-corrected chi connectivity index (χ0v) is 21.8. The molecule has 0 saturated heterocycles. The van der Waals surface area contributed by atoms with Crippen molar-refractivity contribution in [3.63, 3.8) is 0 Å². The second kappa shape index (κ2) is 11.3. The van der Waals surface area contributed by atoms with Crippen LogP contribution in [-0.4, -0.2) is 26.8 Å². The van der Waals surface area contributed by atoms with Gasteiger partial charge < -0.3 is 23.4 Å². The van der Waals surface area contributed by atoms with Crippen LogP contribution < -0.4 is 14.2 Å². The number of carbonyl (C=O) groups excluding carboxylic acids is 1. The van der Waals surface area contributed by atoms with Gasteiger partial charge in [0, 0.05) is 17.0 Å². The highest BCUT2D eigenvalue weighted by Gasteiger charge is 2.19. The van der Waals surface area contributed by atoms with Gasteiger partial charge in [0.15, 0.2) is 22.8 Å². The van der Waals surface area contributed by atoms with Crippen LogP contribution >= 0.6 is 22.6 Å². The Kier molecular flexibility index (Phi) is 7.97. The molecule has 7 heteroatoms. The molecule has 0 fully saturated rings. The first kappa shape index (κ1) is 24.7. The summed E-state index contributed by atoms with van der Waals surface area (Å²) in [6.45, 7) is 2.54. The second-order valence-electron chi connectivity index (χ2n) is 7.57. The lowest BCUT2D eigenvalue weighted by Gasteiger charge is -2.12. The van der Waals surface area contributed by atoms with Crippen LogP contribution in [0.2, 0.25) is 0 Å². The summed E-state index contributed by atoms with van der Waals surface area (Å²) in [4.78, 5) is 11.7. The minimum Gasteiger partial charge on any atom is -0.493 e. The number of fused-ring (bicyclic) bond motifs is 1. The molecule has 35 heavy (non-hydrogen) atoms. The molecule has 0 bridgehead atoms. The van der Waals surface area contributed by atoms with Crippen LogP contribution in [0.5, 0.6) is 17.2 Å². The third kappa shape index (κ3) is 5.62. The Morgan fingerprint density at radius 2 is 1.74 bits per heavy atom. The van der Waals surface area contributed by atoms with E-state index in [0.29, 0.717) is 41.8 Å². The molecule has 1 aromatic heterocycles. The number of benzene rings is 3. The molecule has 0 aliphatic heterocycles. The summed E-state index contributed by atoms with van der Waals surface area (Å²) >= 11 is 2.26. The van der Waals surface area contributed by atoms with Gasteiger partial charge in [-0.25, -0.2) is 4.79 Å². The number of hydrogen-bond donors (Lipinski definition) is 0. The molecular formula is C28H25IO6. The molecule has 6 nitrogen and oxygen atoms in total. The first-order chi connectivity index (χ1) is 17.0. The summed E-state index contributed by atoms with van der Waals surface area (Å²) < 4.78 is 29.3. The molecule has 1 heterocycles. The number of esters is 1. The van der Waals surface area contributed by atoms with E-state index < -0.39 is 5.97 Å². The summed E-state index contributed by atoms with van der Waals surface area (Å²) in [5, 5.41) is 0.881. The molecular weight excluding hydrogens is 559 g/mol. The Labute approximate surface area is 217 Å². The average Bonchev–Trinajstić information content (AvgIpc) is 3.22. The lowest BCUT2D eigenvalue weighted by molar-refractivity contribution is -0.137. The van der Waals surface area contributed by atoms with E-state index in [1.807, 2.05) is 60.7 Å². The van der Waals surface area contributed by atoms with Crippen molar-refractivity contribution in [2.24, 2.45) is 0 Å². The van der Waals surface area contributed by atoms with E-state index in [-0.39, 0.29) is 0 Å². The zero-order chi connectivity index (χ0) is 24.8. The third-order valence-electron chi connectivity index (χ3n) is 5.30. The standard InChI is InChI=1S/C28H25IO6/c1-4-33-25(30)13-10-19-14-21-26(29)27(35-28(21)24(15-19)32-3)20-11-12-22(23(16-20)31-2)34-17-18-8-6-5-7-9-18/h5-16H,4,17H2,1-3H3/b13-10+. The van der Waals surface area contributed by atoms with E-state index in [0.717, 1.165) is 25.6 Å². The fourth-order valence-corrected chi connectivity index (χ4v) is 4.43. The Hall–Kier alpha value is -3.46. The van der Waals surface area contributed by atoms with Gasteiger partial charge in [-0.1, -0.05) is 30.3 Å². The number of carbonyl (C=O) groups is 1. The molecule has 0 N–H and O–H groups in total.